The molecule has 102 valence electrons. The minimum Gasteiger partial charge on any atom is -0.390 e. The Kier molecular flexibility index (Phi) is 5.46. The van der Waals surface area contributed by atoms with Crippen molar-refractivity contribution in [2.45, 2.75) is 58.5 Å². The van der Waals surface area contributed by atoms with Crippen LogP contribution >= 0.6 is 0 Å². The minimum absolute atomic E-state index is 0.401. The first kappa shape index (κ1) is 15.0. The molecule has 0 aliphatic heterocycles. The summed E-state index contributed by atoms with van der Waals surface area (Å²) in [7, 11) is 4.21. The molecular formula is C15H31NO. The summed E-state index contributed by atoms with van der Waals surface area (Å²) in [5.74, 6) is 1.79. The Labute approximate surface area is 107 Å². The van der Waals surface area contributed by atoms with Crippen molar-refractivity contribution in [2.75, 3.05) is 20.6 Å². The van der Waals surface area contributed by atoms with Gasteiger partial charge in [-0.3, -0.25) is 0 Å². The summed E-state index contributed by atoms with van der Waals surface area (Å²) in [6.45, 7) is 7.89. The highest BCUT2D eigenvalue weighted by Crippen LogP contribution is 2.43. The third kappa shape index (κ3) is 4.26. The van der Waals surface area contributed by atoms with Crippen LogP contribution in [0.5, 0.6) is 0 Å². The third-order valence-electron chi connectivity index (χ3n) is 4.38. The van der Waals surface area contributed by atoms with E-state index in [-0.39, 0.29) is 0 Å². The van der Waals surface area contributed by atoms with Crippen molar-refractivity contribution >= 4 is 0 Å². The lowest BCUT2D eigenvalue weighted by Gasteiger charge is -2.45. The van der Waals surface area contributed by atoms with Crippen LogP contribution in [0.3, 0.4) is 0 Å². The second-order valence-corrected chi connectivity index (χ2v) is 6.75. The van der Waals surface area contributed by atoms with Crippen molar-refractivity contribution in [3.8, 4) is 0 Å². The topological polar surface area (TPSA) is 23.5 Å². The lowest BCUT2D eigenvalue weighted by atomic mass is 9.65. The highest BCUT2D eigenvalue weighted by atomic mass is 16.3. The largest absolute Gasteiger partial charge is 0.390 e. The SMILES string of the molecule is CC1CCC(C(C)C)C(O)(CCCN(C)C)C1. The van der Waals surface area contributed by atoms with Gasteiger partial charge in [-0.15, -0.1) is 0 Å². The molecule has 1 aliphatic rings. The molecule has 0 radical (unpaired) electrons. The molecule has 0 aromatic rings. The first-order valence-corrected chi connectivity index (χ1v) is 7.22. The maximum absolute atomic E-state index is 11.0. The Bertz CT molecular complexity index is 227. The molecule has 3 atom stereocenters. The molecule has 1 fully saturated rings. The Morgan fingerprint density at radius 3 is 2.47 bits per heavy atom. The molecule has 0 heterocycles. The van der Waals surface area contributed by atoms with E-state index in [0.717, 1.165) is 25.8 Å². The summed E-state index contributed by atoms with van der Waals surface area (Å²) in [4.78, 5) is 2.21. The van der Waals surface area contributed by atoms with Gasteiger partial charge in [-0.1, -0.05) is 27.2 Å². The van der Waals surface area contributed by atoms with Crippen molar-refractivity contribution in [3.63, 3.8) is 0 Å². The second kappa shape index (κ2) is 6.19. The smallest absolute Gasteiger partial charge is 0.0681 e. The van der Waals surface area contributed by atoms with Crippen molar-refractivity contribution in [1.29, 1.82) is 0 Å². The number of nitrogens with zero attached hydrogens (tertiary/aromatic N) is 1. The summed E-state index contributed by atoms with van der Waals surface area (Å²) in [5.41, 5.74) is -0.401. The summed E-state index contributed by atoms with van der Waals surface area (Å²) >= 11 is 0. The molecule has 0 amide bonds. The monoisotopic (exact) mass is 241 g/mol. The van der Waals surface area contributed by atoms with Gasteiger partial charge in [0, 0.05) is 0 Å². The molecule has 1 N–H and O–H groups in total. The molecule has 1 rings (SSSR count). The number of hydrogen-bond donors (Lipinski definition) is 1. The second-order valence-electron chi connectivity index (χ2n) is 6.75. The van der Waals surface area contributed by atoms with E-state index in [0.29, 0.717) is 17.8 Å². The van der Waals surface area contributed by atoms with Gasteiger partial charge >= 0.3 is 0 Å². The van der Waals surface area contributed by atoms with Gasteiger partial charge in [-0.2, -0.15) is 0 Å². The van der Waals surface area contributed by atoms with E-state index >= 15 is 0 Å². The van der Waals surface area contributed by atoms with Gasteiger partial charge < -0.3 is 10.0 Å². The summed E-state index contributed by atoms with van der Waals surface area (Å²) in [6.07, 6.45) is 5.58. The molecule has 2 nitrogen and oxygen atoms in total. The minimum atomic E-state index is -0.401. The fourth-order valence-corrected chi connectivity index (χ4v) is 3.53. The quantitative estimate of drug-likeness (QED) is 0.799. The van der Waals surface area contributed by atoms with Gasteiger partial charge in [-0.05, 0) is 64.1 Å². The van der Waals surface area contributed by atoms with Crippen LogP contribution in [0.2, 0.25) is 0 Å². The highest BCUT2D eigenvalue weighted by Gasteiger charge is 2.41. The maximum atomic E-state index is 11.0. The van der Waals surface area contributed by atoms with Crippen LogP contribution in [0.4, 0.5) is 0 Å². The van der Waals surface area contributed by atoms with Gasteiger partial charge in [0.15, 0.2) is 0 Å². The van der Waals surface area contributed by atoms with Crippen LogP contribution in [-0.2, 0) is 0 Å². The van der Waals surface area contributed by atoms with Crippen LogP contribution in [0.1, 0.15) is 52.9 Å². The van der Waals surface area contributed by atoms with E-state index in [4.69, 9.17) is 0 Å². The van der Waals surface area contributed by atoms with Gasteiger partial charge in [0.05, 0.1) is 5.60 Å². The van der Waals surface area contributed by atoms with E-state index in [1.807, 2.05) is 0 Å². The molecule has 1 aliphatic carbocycles. The van der Waals surface area contributed by atoms with Crippen LogP contribution in [0.15, 0.2) is 0 Å². The fourth-order valence-electron chi connectivity index (χ4n) is 3.53. The van der Waals surface area contributed by atoms with Crippen molar-refractivity contribution in [3.05, 3.63) is 0 Å². The zero-order valence-electron chi connectivity index (χ0n) is 12.4. The van der Waals surface area contributed by atoms with E-state index < -0.39 is 5.60 Å². The van der Waals surface area contributed by atoms with E-state index in [9.17, 15) is 5.11 Å². The molecular weight excluding hydrogens is 210 g/mol. The average molecular weight is 241 g/mol. The Morgan fingerprint density at radius 1 is 1.29 bits per heavy atom. The summed E-state index contributed by atoms with van der Waals surface area (Å²) in [5, 5.41) is 11.0. The number of rotatable bonds is 5. The van der Waals surface area contributed by atoms with Gasteiger partial charge in [0.25, 0.3) is 0 Å². The Hall–Kier alpha value is -0.0800. The van der Waals surface area contributed by atoms with Crippen LogP contribution in [0.25, 0.3) is 0 Å². The van der Waals surface area contributed by atoms with E-state index in [1.54, 1.807) is 0 Å². The molecule has 0 aromatic heterocycles. The first-order valence-electron chi connectivity index (χ1n) is 7.22. The lowest BCUT2D eigenvalue weighted by molar-refractivity contribution is -0.0874. The molecule has 3 unspecified atom stereocenters. The zero-order chi connectivity index (χ0) is 13.1. The first-order chi connectivity index (χ1) is 7.85. The predicted octanol–water partition coefficient (Wildman–Crippen LogP) is 3.15. The molecule has 2 heteroatoms. The Balaban J connectivity index is 2.58. The summed E-state index contributed by atoms with van der Waals surface area (Å²) in [6, 6.07) is 0. The highest BCUT2D eigenvalue weighted by molar-refractivity contribution is 4.93. The van der Waals surface area contributed by atoms with E-state index in [2.05, 4.69) is 39.8 Å². The van der Waals surface area contributed by atoms with Crippen LogP contribution in [0, 0.1) is 17.8 Å². The van der Waals surface area contributed by atoms with Crippen molar-refractivity contribution in [2.24, 2.45) is 17.8 Å². The normalized spacial score (nSPS) is 34.6. The van der Waals surface area contributed by atoms with Crippen molar-refractivity contribution in [1.82, 2.24) is 4.90 Å². The molecule has 0 bridgehead atoms. The average Bonchev–Trinajstić information content (AvgIpc) is 2.15. The predicted molar refractivity (Wildman–Crippen MR) is 74.1 cm³/mol. The molecule has 17 heavy (non-hydrogen) atoms. The number of hydrogen-bond acceptors (Lipinski definition) is 2. The van der Waals surface area contributed by atoms with Gasteiger partial charge in [0.2, 0.25) is 0 Å². The van der Waals surface area contributed by atoms with Gasteiger partial charge in [-0.25, -0.2) is 0 Å². The van der Waals surface area contributed by atoms with E-state index in [1.165, 1.54) is 12.8 Å². The van der Waals surface area contributed by atoms with Gasteiger partial charge in [0.1, 0.15) is 0 Å². The van der Waals surface area contributed by atoms with Crippen LogP contribution in [-0.4, -0.2) is 36.2 Å². The van der Waals surface area contributed by atoms with Crippen LogP contribution < -0.4 is 0 Å². The maximum Gasteiger partial charge on any atom is 0.0681 e. The number of aliphatic hydroxyl groups is 1. The fraction of sp³-hybridized carbons (Fsp3) is 1.00. The Morgan fingerprint density at radius 2 is 1.94 bits per heavy atom. The lowest BCUT2D eigenvalue weighted by Crippen LogP contribution is -2.45. The molecule has 0 aromatic carbocycles. The zero-order valence-corrected chi connectivity index (χ0v) is 12.4. The molecule has 1 saturated carbocycles. The third-order valence-corrected chi connectivity index (χ3v) is 4.38. The molecule has 0 spiro atoms. The van der Waals surface area contributed by atoms with Crippen molar-refractivity contribution < 1.29 is 5.11 Å². The standard InChI is InChI=1S/C15H31NO/c1-12(2)14-8-7-13(3)11-15(14,17)9-6-10-16(4)5/h12-14,17H,6-11H2,1-5H3. The summed E-state index contributed by atoms with van der Waals surface area (Å²) < 4.78 is 0. The molecule has 0 saturated heterocycles.